The van der Waals surface area contributed by atoms with Gasteiger partial charge in [-0.15, -0.1) is 0 Å². The molecule has 3 nitrogen and oxygen atoms in total. The highest BCUT2D eigenvalue weighted by Crippen LogP contribution is 2.23. The van der Waals surface area contributed by atoms with Gasteiger partial charge in [0.15, 0.2) is 0 Å². The van der Waals surface area contributed by atoms with Crippen molar-refractivity contribution in [3.05, 3.63) is 36.0 Å². The number of rotatable bonds is 1. The molecule has 0 aliphatic carbocycles. The maximum Gasteiger partial charge on any atom is 0.222 e. The van der Waals surface area contributed by atoms with Crippen LogP contribution in [0.3, 0.4) is 0 Å². The van der Waals surface area contributed by atoms with Gasteiger partial charge >= 0.3 is 0 Å². The van der Waals surface area contributed by atoms with E-state index in [9.17, 15) is 0 Å². The summed E-state index contributed by atoms with van der Waals surface area (Å²) in [6.45, 7) is 0. The summed E-state index contributed by atoms with van der Waals surface area (Å²) in [5, 5.41) is 10.6. The maximum absolute atomic E-state index is 8.75. The van der Waals surface area contributed by atoms with Crippen LogP contribution in [0.2, 0.25) is 0 Å². The van der Waals surface area contributed by atoms with Crippen molar-refractivity contribution in [2.45, 2.75) is 0 Å². The zero-order valence-electron chi connectivity index (χ0n) is 7.69. The first-order chi connectivity index (χ1) is 6.85. The summed E-state index contributed by atoms with van der Waals surface area (Å²) >= 11 is 0. The topological polar surface area (TPSA) is 45.9 Å². The number of hydrogen-bond donors (Lipinski definition) is 0. The highest BCUT2D eigenvalue weighted by Gasteiger charge is 2.04. The van der Waals surface area contributed by atoms with Crippen LogP contribution >= 0.6 is 0 Å². The summed E-state index contributed by atoms with van der Waals surface area (Å²) in [6.07, 6.45) is 0. The molecule has 0 saturated heterocycles. The van der Waals surface area contributed by atoms with Gasteiger partial charge in [0.1, 0.15) is 11.8 Å². The van der Waals surface area contributed by atoms with Gasteiger partial charge < -0.3 is 4.74 Å². The summed E-state index contributed by atoms with van der Waals surface area (Å²) in [5.41, 5.74) is 0.376. The second-order valence-corrected chi connectivity index (χ2v) is 2.85. The van der Waals surface area contributed by atoms with E-state index < -0.39 is 0 Å². The van der Waals surface area contributed by atoms with E-state index in [4.69, 9.17) is 10.00 Å². The Kier molecular flexibility index (Phi) is 2.04. The van der Waals surface area contributed by atoms with Crippen molar-refractivity contribution >= 4 is 10.8 Å². The lowest BCUT2D eigenvalue weighted by atomic mass is 10.1. The number of nitrogens with zero attached hydrogens (tertiary/aromatic N) is 2. The van der Waals surface area contributed by atoms with E-state index in [-0.39, 0.29) is 0 Å². The highest BCUT2D eigenvalue weighted by molar-refractivity contribution is 5.87. The third-order valence-electron chi connectivity index (χ3n) is 2.01. The Balaban J connectivity index is 2.81. The number of pyridine rings is 1. The first kappa shape index (κ1) is 8.52. The fourth-order valence-electron chi connectivity index (χ4n) is 1.38. The quantitative estimate of drug-likeness (QED) is 0.681. The summed E-state index contributed by atoms with van der Waals surface area (Å²) in [6, 6.07) is 11.4. The van der Waals surface area contributed by atoms with Gasteiger partial charge in [-0.1, -0.05) is 18.2 Å². The smallest absolute Gasteiger partial charge is 0.222 e. The molecular formula is C11H8N2O. The standard InChI is InChI=1S/C11H8N2O/c1-14-11-10-5-3-2-4-8(10)6-9(7-12)13-11/h2-6H,1H3. The van der Waals surface area contributed by atoms with E-state index in [2.05, 4.69) is 4.98 Å². The summed E-state index contributed by atoms with van der Waals surface area (Å²) in [4.78, 5) is 4.05. The number of methoxy groups -OCH3 is 1. The van der Waals surface area contributed by atoms with E-state index in [0.717, 1.165) is 10.8 Å². The van der Waals surface area contributed by atoms with Crippen LogP contribution in [-0.4, -0.2) is 12.1 Å². The minimum Gasteiger partial charge on any atom is -0.481 e. The molecule has 0 atom stereocenters. The molecule has 0 bridgehead atoms. The third-order valence-corrected chi connectivity index (χ3v) is 2.01. The van der Waals surface area contributed by atoms with Crippen molar-refractivity contribution in [1.82, 2.24) is 4.98 Å². The van der Waals surface area contributed by atoms with Gasteiger partial charge in [-0.3, -0.25) is 0 Å². The van der Waals surface area contributed by atoms with Crippen LogP contribution in [0.15, 0.2) is 30.3 Å². The largest absolute Gasteiger partial charge is 0.481 e. The first-order valence-electron chi connectivity index (χ1n) is 4.19. The zero-order valence-corrected chi connectivity index (χ0v) is 7.69. The van der Waals surface area contributed by atoms with Crippen LogP contribution in [0, 0.1) is 11.3 Å². The van der Waals surface area contributed by atoms with Gasteiger partial charge in [-0.25, -0.2) is 4.98 Å². The van der Waals surface area contributed by atoms with Crippen LogP contribution in [0.1, 0.15) is 5.69 Å². The molecule has 0 spiro atoms. The van der Waals surface area contributed by atoms with Crippen molar-refractivity contribution < 1.29 is 4.74 Å². The average Bonchev–Trinajstić information content (AvgIpc) is 2.27. The second kappa shape index (κ2) is 3.35. The Morgan fingerprint density at radius 2 is 2.14 bits per heavy atom. The van der Waals surface area contributed by atoms with Crippen molar-refractivity contribution in [3.8, 4) is 11.9 Å². The van der Waals surface area contributed by atoms with Gasteiger partial charge in [0, 0.05) is 5.39 Å². The van der Waals surface area contributed by atoms with Crippen molar-refractivity contribution in [1.29, 1.82) is 5.26 Å². The van der Waals surface area contributed by atoms with E-state index in [1.165, 1.54) is 0 Å². The second-order valence-electron chi connectivity index (χ2n) is 2.85. The predicted molar refractivity (Wildman–Crippen MR) is 53.0 cm³/mol. The lowest BCUT2D eigenvalue weighted by molar-refractivity contribution is 0.403. The molecule has 0 fully saturated rings. The normalized spacial score (nSPS) is 9.71. The van der Waals surface area contributed by atoms with Gasteiger partial charge in [0.2, 0.25) is 5.88 Å². The number of benzene rings is 1. The Hall–Kier alpha value is -2.08. The van der Waals surface area contributed by atoms with Crippen LogP contribution in [0.4, 0.5) is 0 Å². The van der Waals surface area contributed by atoms with Crippen LogP contribution in [0.5, 0.6) is 5.88 Å². The molecule has 0 N–H and O–H groups in total. The fourth-order valence-corrected chi connectivity index (χ4v) is 1.38. The predicted octanol–water partition coefficient (Wildman–Crippen LogP) is 2.12. The maximum atomic E-state index is 8.75. The van der Waals surface area contributed by atoms with Gasteiger partial charge in [0.25, 0.3) is 0 Å². The Morgan fingerprint density at radius 1 is 1.36 bits per heavy atom. The highest BCUT2D eigenvalue weighted by atomic mass is 16.5. The Labute approximate surface area is 81.6 Å². The number of fused-ring (bicyclic) bond motifs is 1. The fraction of sp³-hybridized carbons (Fsp3) is 0.0909. The molecule has 68 valence electrons. The number of ether oxygens (including phenoxy) is 1. The van der Waals surface area contributed by atoms with Crippen LogP contribution in [0.25, 0.3) is 10.8 Å². The molecule has 0 amide bonds. The van der Waals surface area contributed by atoms with Gasteiger partial charge in [-0.05, 0) is 17.5 Å². The minimum atomic E-state index is 0.376. The van der Waals surface area contributed by atoms with Gasteiger partial charge in [-0.2, -0.15) is 5.26 Å². The minimum absolute atomic E-state index is 0.376. The molecule has 14 heavy (non-hydrogen) atoms. The van der Waals surface area contributed by atoms with Crippen LogP contribution < -0.4 is 4.74 Å². The third kappa shape index (κ3) is 1.27. The molecule has 0 radical (unpaired) electrons. The van der Waals surface area contributed by atoms with Crippen molar-refractivity contribution in [3.63, 3.8) is 0 Å². The molecule has 3 heteroatoms. The number of aromatic nitrogens is 1. The monoisotopic (exact) mass is 184 g/mol. The SMILES string of the molecule is COc1nc(C#N)cc2ccccc12. The van der Waals surface area contributed by atoms with Crippen LogP contribution in [-0.2, 0) is 0 Å². The van der Waals surface area contributed by atoms with E-state index in [1.54, 1.807) is 13.2 Å². The van der Waals surface area contributed by atoms with Crippen molar-refractivity contribution in [2.24, 2.45) is 0 Å². The first-order valence-corrected chi connectivity index (χ1v) is 4.19. The molecule has 0 aliphatic rings. The molecule has 2 aromatic rings. The summed E-state index contributed by atoms with van der Waals surface area (Å²) in [5.74, 6) is 0.500. The number of hydrogen-bond acceptors (Lipinski definition) is 3. The van der Waals surface area contributed by atoms with Crippen molar-refractivity contribution in [2.75, 3.05) is 7.11 Å². The number of nitriles is 1. The zero-order chi connectivity index (χ0) is 9.97. The summed E-state index contributed by atoms with van der Waals surface area (Å²) < 4.78 is 5.11. The molecule has 0 saturated carbocycles. The molecule has 2 rings (SSSR count). The molecule has 1 heterocycles. The Morgan fingerprint density at radius 3 is 2.86 bits per heavy atom. The van der Waals surface area contributed by atoms with E-state index >= 15 is 0 Å². The lowest BCUT2D eigenvalue weighted by Gasteiger charge is -2.03. The van der Waals surface area contributed by atoms with E-state index in [1.807, 2.05) is 30.3 Å². The summed E-state index contributed by atoms with van der Waals surface area (Å²) in [7, 11) is 1.55. The van der Waals surface area contributed by atoms with E-state index in [0.29, 0.717) is 11.6 Å². The average molecular weight is 184 g/mol. The Bertz CT molecular complexity index is 514. The molecule has 0 aliphatic heterocycles. The molecule has 0 unspecified atom stereocenters. The molecular weight excluding hydrogens is 176 g/mol. The molecule has 1 aromatic heterocycles. The van der Waals surface area contributed by atoms with Gasteiger partial charge in [0.05, 0.1) is 7.11 Å². The lowest BCUT2D eigenvalue weighted by Crippen LogP contribution is -1.91. The molecule has 1 aromatic carbocycles.